The first-order valence-corrected chi connectivity index (χ1v) is 9.09. The molecule has 4 nitrogen and oxygen atoms in total. The van der Waals surface area contributed by atoms with E-state index in [9.17, 15) is 0 Å². The van der Waals surface area contributed by atoms with Gasteiger partial charge >= 0.3 is 0 Å². The van der Waals surface area contributed by atoms with Crippen molar-refractivity contribution in [3.63, 3.8) is 0 Å². The Kier molecular flexibility index (Phi) is 5.66. The van der Waals surface area contributed by atoms with E-state index in [0.717, 1.165) is 23.5 Å². The number of aromatic nitrogens is 3. The van der Waals surface area contributed by atoms with Gasteiger partial charge in [0.25, 0.3) is 0 Å². The van der Waals surface area contributed by atoms with Crippen LogP contribution in [0, 0.1) is 6.92 Å². The predicted octanol–water partition coefficient (Wildman–Crippen LogP) is 4.79. The minimum absolute atomic E-state index is 0. The summed E-state index contributed by atoms with van der Waals surface area (Å²) in [7, 11) is 0. The molecule has 1 aliphatic rings. The van der Waals surface area contributed by atoms with Gasteiger partial charge in [0.2, 0.25) is 5.88 Å². The largest absolute Gasteiger partial charge is 0.471 e. The first-order valence-electron chi connectivity index (χ1n) is 8.28. The fourth-order valence-corrected chi connectivity index (χ4v) is 3.91. The average molecular weight is 374 g/mol. The van der Waals surface area contributed by atoms with Gasteiger partial charge in [-0.25, -0.2) is 9.97 Å². The first kappa shape index (κ1) is 17.8. The number of thiazole rings is 1. The fraction of sp³-hybridized carbons (Fsp3) is 0.316. The van der Waals surface area contributed by atoms with Crippen molar-refractivity contribution in [3.8, 4) is 16.3 Å². The lowest BCUT2D eigenvalue weighted by Crippen LogP contribution is -2.09. The van der Waals surface area contributed by atoms with Gasteiger partial charge in [-0.05, 0) is 50.3 Å². The zero-order chi connectivity index (χ0) is 16.4. The maximum atomic E-state index is 5.94. The van der Waals surface area contributed by atoms with Gasteiger partial charge in [-0.15, -0.1) is 23.7 Å². The van der Waals surface area contributed by atoms with E-state index in [1.165, 1.54) is 34.5 Å². The van der Waals surface area contributed by atoms with Gasteiger partial charge in [0.1, 0.15) is 6.61 Å². The summed E-state index contributed by atoms with van der Waals surface area (Å²) >= 11 is 1.73. The van der Waals surface area contributed by atoms with Crippen molar-refractivity contribution in [2.75, 3.05) is 0 Å². The van der Waals surface area contributed by atoms with Gasteiger partial charge in [0, 0.05) is 29.7 Å². The molecule has 3 aromatic rings. The van der Waals surface area contributed by atoms with Crippen molar-refractivity contribution < 1.29 is 4.74 Å². The maximum Gasteiger partial charge on any atom is 0.214 e. The van der Waals surface area contributed by atoms with Crippen LogP contribution in [0.4, 0.5) is 0 Å². The van der Waals surface area contributed by atoms with Crippen molar-refractivity contribution in [1.82, 2.24) is 15.0 Å². The number of rotatable bonds is 4. The molecule has 130 valence electrons. The standard InChI is InChI=1S/C19H19N3OS.ClH/c1-13-21-11-18(24-13)16-10-19(22-17-8-3-2-7-15(16)17)23-12-14-6-4-5-9-20-14;/h4-6,9-11H,2-3,7-8,12H2,1H3;1H. The lowest BCUT2D eigenvalue weighted by molar-refractivity contribution is 0.288. The third kappa shape index (κ3) is 3.99. The predicted molar refractivity (Wildman–Crippen MR) is 103 cm³/mol. The number of aryl methyl sites for hydroxylation is 2. The van der Waals surface area contributed by atoms with E-state index in [0.29, 0.717) is 12.5 Å². The van der Waals surface area contributed by atoms with Crippen molar-refractivity contribution >= 4 is 23.7 Å². The smallest absolute Gasteiger partial charge is 0.214 e. The summed E-state index contributed by atoms with van der Waals surface area (Å²) in [6, 6.07) is 7.91. The molecule has 0 atom stereocenters. The molecule has 0 spiro atoms. The Bertz CT molecular complexity index is 851. The molecule has 0 fully saturated rings. The third-order valence-electron chi connectivity index (χ3n) is 4.26. The van der Waals surface area contributed by atoms with E-state index in [4.69, 9.17) is 9.72 Å². The Morgan fingerprint density at radius 2 is 2.04 bits per heavy atom. The van der Waals surface area contributed by atoms with E-state index in [1.807, 2.05) is 31.3 Å². The summed E-state index contributed by atoms with van der Waals surface area (Å²) in [5, 5.41) is 1.09. The van der Waals surface area contributed by atoms with Crippen molar-refractivity contribution in [1.29, 1.82) is 0 Å². The molecule has 0 amide bonds. The van der Waals surface area contributed by atoms with Gasteiger partial charge in [-0.3, -0.25) is 4.98 Å². The number of pyridine rings is 2. The van der Waals surface area contributed by atoms with Crippen LogP contribution in [0.3, 0.4) is 0 Å². The molecule has 25 heavy (non-hydrogen) atoms. The van der Waals surface area contributed by atoms with Crippen LogP contribution in [0.5, 0.6) is 5.88 Å². The van der Waals surface area contributed by atoms with E-state index >= 15 is 0 Å². The second-order valence-electron chi connectivity index (χ2n) is 5.99. The topological polar surface area (TPSA) is 47.9 Å². The highest BCUT2D eigenvalue weighted by Gasteiger charge is 2.19. The highest BCUT2D eigenvalue weighted by molar-refractivity contribution is 7.15. The maximum absolute atomic E-state index is 5.94. The lowest BCUT2D eigenvalue weighted by atomic mass is 9.92. The normalized spacial score (nSPS) is 13.0. The second-order valence-corrected chi connectivity index (χ2v) is 7.23. The van der Waals surface area contributed by atoms with Crippen LogP contribution >= 0.6 is 23.7 Å². The fourth-order valence-electron chi connectivity index (χ4n) is 3.09. The summed E-state index contributed by atoms with van der Waals surface area (Å²) in [5.74, 6) is 0.683. The number of hydrogen-bond acceptors (Lipinski definition) is 5. The molecule has 4 rings (SSSR count). The molecular formula is C19H20ClN3OS. The average Bonchev–Trinajstić information content (AvgIpc) is 3.06. The molecule has 0 radical (unpaired) electrons. The monoisotopic (exact) mass is 373 g/mol. The van der Waals surface area contributed by atoms with Crippen LogP contribution in [-0.4, -0.2) is 15.0 Å². The number of nitrogens with zero attached hydrogens (tertiary/aromatic N) is 3. The minimum atomic E-state index is 0. The minimum Gasteiger partial charge on any atom is -0.471 e. The Balaban J connectivity index is 0.00000182. The molecule has 0 aliphatic heterocycles. The van der Waals surface area contributed by atoms with Crippen molar-refractivity contribution in [2.45, 2.75) is 39.2 Å². The van der Waals surface area contributed by atoms with E-state index < -0.39 is 0 Å². The molecular weight excluding hydrogens is 354 g/mol. The van der Waals surface area contributed by atoms with E-state index in [-0.39, 0.29) is 12.4 Å². The SMILES string of the molecule is Cc1ncc(-c2cc(OCc3ccccn3)nc3c2CCCC3)s1.Cl. The van der Waals surface area contributed by atoms with Gasteiger partial charge in [-0.1, -0.05) is 6.07 Å². The Morgan fingerprint density at radius 1 is 1.16 bits per heavy atom. The Hall–Kier alpha value is -1.98. The lowest BCUT2D eigenvalue weighted by Gasteiger charge is -2.19. The van der Waals surface area contributed by atoms with Crippen LogP contribution < -0.4 is 4.74 Å². The molecule has 0 aromatic carbocycles. The molecule has 1 aliphatic carbocycles. The molecule has 0 saturated carbocycles. The zero-order valence-corrected chi connectivity index (χ0v) is 15.7. The number of fused-ring (bicyclic) bond motifs is 1. The van der Waals surface area contributed by atoms with Crippen LogP contribution in [-0.2, 0) is 19.4 Å². The molecule has 6 heteroatoms. The molecule has 0 saturated heterocycles. The van der Waals surface area contributed by atoms with Crippen LogP contribution in [0.15, 0.2) is 36.7 Å². The summed E-state index contributed by atoms with van der Waals surface area (Å²) in [5.41, 5.74) is 4.70. The third-order valence-corrected chi connectivity index (χ3v) is 5.20. The summed E-state index contributed by atoms with van der Waals surface area (Å²) in [6.07, 6.45) is 8.30. The second kappa shape index (κ2) is 7.93. The van der Waals surface area contributed by atoms with Gasteiger partial charge in [0.15, 0.2) is 0 Å². The highest BCUT2D eigenvalue weighted by atomic mass is 35.5. The Morgan fingerprint density at radius 3 is 2.80 bits per heavy atom. The van der Waals surface area contributed by atoms with E-state index in [2.05, 4.69) is 16.0 Å². The number of halogens is 1. The Labute approximate surface area is 157 Å². The molecule has 0 unspecified atom stereocenters. The quantitative estimate of drug-likeness (QED) is 0.659. The highest BCUT2D eigenvalue weighted by Crippen LogP contribution is 2.36. The van der Waals surface area contributed by atoms with Crippen LogP contribution in [0.2, 0.25) is 0 Å². The van der Waals surface area contributed by atoms with Crippen molar-refractivity contribution in [2.24, 2.45) is 0 Å². The van der Waals surface area contributed by atoms with Crippen LogP contribution in [0.25, 0.3) is 10.4 Å². The van der Waals surface area contributed by atoms with Crippen LogP contribution in [0.1, 0.15) is 34.8 Å². The number of hydrogen-bond donors (Lipinski definition) is 0. The molecule has 3 heterocycles. The first-order chi connectivity index (χ1) is 11.8. The zero-order valence-electron chi connectivity index (χ0n) is 14.1. The van der Waals surface area contributed by atoms with E-state index in [1.54, 1.807) is 17.5 Å². The van der Waals surface area contributed by atoms with Gasteiger partial charge in [0.05, 0.1) is 15.6 Å². The molecule has 3 aromatic heterocycles. The molecule has 0 N–H and O–H groups in total. The number of ether oxygens (including phenoxy) is 1. The summed E-state index contributed by atoms with van der Waals surface area (Å²) < 4.78 is 5.94. The summed E-state index contributed by atoms with van der Waals surface area (Å²) in [4.78, 5) is 14.7. The summed E-state index contributed by atoms with van der Waals surface area (Å²) in [6.45, 7) is 2.48. The van der Waals surface area contributed by atoms with Gasteiger partial charge in [-0.2, -0.15) is 0 Å². The van der Waals surface area contributed by atoms with Gasteiger partial charge < -0.3 is 4.74 Å². The molecule has 0 bridgehead atoms. The van der Waals surface area contributed by atoms with Crippen molar-refractivity contribution in [3.05, 3.63) is 58.6 Å².